The van der Waals surface area contributed by atoms with Crippen LogP contribution in [0.25, 0.3) is 22.0 Å². The van der Waals surface area contributed by atoms with Crippen molar-refractivity contribution >= 4 is 26.9 Å². The molecule has 0 aliphatic carbocycles. The third-order valence-electron chi connectivity index (χ3n) is 3.28. The minimum absolute atomic E-state index is 0.0343. The van der Waals surface area contributed by atoms with E-state index in [4.69, 9.17) is 10.2 Å². The Bertz CT molecular complexity index is 975. The maximum absolute atomic E-state index is 11.2. The van der Waals surface area contributed by atoms with E-state index >= 15 is 0 Å². The summed E-state index contributed by atoms with van der Waals surface area (Å²) >= 11 is 0. The molecule has 112 valence electrons. The molecule has 22 heavy (non-hydrogen) atoms. The minimum Gasteiger partial charge on any atom is -0.476 e. The maximum atomic E-state index is 11.2. The van der Waals surface area contributed by atoms with Gasteiger partial charge >= 0.3 is 5.97 Å². The summed E-state index contributed by atoms with van der Waals surface area (Å²) in [5.41, 5.74) is 2.13. The van der Waals surface area contributed by atoms with Crippen LogP contribution in [-0.2, 0) is 10.0 Å². The molecule has 0 aliphatic rings. The first kappa shape index (κ1) is 14.2. The zero-order valence-corrected chi connectivity index (χ0v) is 12.0. The van der Waals surface area contributed by atoms with E-state index in [1.165, 1.54) is 12.1 Å². The molecule has 7 nitrogen and oxygen atoms in total. The molecule has 0 atom stereocenters. The first-order chi connectivity index (χ1) is 10.4. The van der Waals surface area contributed by atoms with Crippen molar-refractivity contribution in [1.29, 1.82) is 0 Å². The molecule has 0 saturated carbocycles. The van der Waals surface area contributed by atoms with Crippen LogP contribution in [0.2, 0.25) is 0 Å². The molecular weight excluding hydrogens is 306 g/mol. The lowest BCUT2D eigenvalue weighted by molar-refractivity contribution is 0.0692. The quantitative estimate of drug-likeness (QED) is 0.676. The third kappa shape index (κ3) is 2.45. The first-order valence-corrected chi connectivity index (χ1v) is 7.75. The molecule has 3 aromatic rings. The van der Waals surface area contributed by atoms with Crippen molar-refractivity contribution in [2.75, 3.05) is 0 Å². The molecule has 1 aromatic heterocycles. The average Bonchev–Trinajstić information content (AvgIpc) is 2.89. The van der Waals surface area contributed by atoms with Gasteiger partial charge < -0.3 is 5.11 Å². The number of carboxylic acid groups (broad SMARTS) is 1. The fourth-order valence-corrected chi connectivity index (χ4v) is 2.71. The van der Waals surface area contributed by atoms with Gasteiger partial charge in [0.05, 0.1) is 10.4 Å². The van der Waals surface area contributed by atoms with Gasteiger partial charge in [-0.25, -0.2) is 18.4 Å². The minimum atomic E-state index is -3.72. The van der Waals surface area contributed by atoms with Gasteiger partial charge in [-0.15, -0.1) is 0 Å². The van der Waals surface area contributed by atoms with Gasteiger partial charge in [0, 0.05) is 5.39 Å². The third-order valence-corrected chi connectivity index (χ3v) is 4.21. The summed E-state index contributed by atoms with van der Waals surface area (Å²) in [6, 6.07) is 11.3. The first-order valence-electron chi connectivity index (χ1n) is 6.21. The Hall–Kier alpha value is -2.71. The van der Waals surface area contributed by atoms with E-state index in [2.05, 4.69) is 10.2 Å². The molecule has 0 fully saturated rings. The van der Waals surface area contributed by atoms with Crippen molar-refractivity contribution < 1.29 is 18.3 Å². The highest BCUT2D eigenvalue weighted by Crippen LogP contribution is 2.25. The standard InChI is InChI=1S/C14H11N3O4S/c15-22(20,21)10-4-1-8(2-5-10)9-3-6-11-12(7-9)16-17-13(11)14(18)19/h1-7H,(H,16,17)(H,18,19)(H2,15,20,21). The second-order valence-corrected chi connectivity index (χ2v) is 6.27. The summed E-state index contributed by atoms with van der Waals surface area (Å²) in [6.07, 6.45) is 0. The highest BCUT2D eigenvalue weighted by molar-refractivity contribution is 7.89. The van der Waals surface area contributed by atoms with Crippen molar-refractivity contribution in [3.8, 4) is 11.1 Å². The molecule has 0 radical (unpaired) electrons. The van der Waals surface area contributed by atoms with Gasteiger partial charge in [0.25, 0.3) is 0 Å². The number of H-pyrrole nitrogens is 1. The second-order valence-electron chi connectivity index (χ2n) is 4.71. The Morgan fingerprint density at radius 3 is 2.32 bits per heavy atom. The fourth-order valence-electron chi connectivity index (χ4n) is 2.20. The second kappa shape index (κ2) is 4.93. The molecular formula is C14H11N3O4S. The van der Waals surface area contributed by atoms with Crippen LogP contribution in [0.1, 0.15) is 10.5 Å². The van der Waals surface area contributed by atoms with Crippen molar-refractivity contribution in [2.45, 2.75) is 4.90 Å². The van der Waals surface area contributed by atoms with Gasteiger partial charge in [-0.2, -0.15) is 5.10 Å². The van der Waals surface area contributed by atoms with Gasteiger partial charge in [0.15, 0.2) is 5.69 Å². The van der Waals surface area contributed by atoms with Gasteiger partial charge in [-0.05, 0) is 35.4 Å². The maximum Gasteiger partial charge on any atom is 0.357 e. The van der Waals surface area contributed by atoms with E-state index in [-0.39, 0.29) is 10.6 Å². The number of aromatic amines is 1. The van der Waals surface area contributed by atoms with Crippen molar-refractivity contribution in [3.05, 3.63) is 48.2 Å². The van der Waals surface area contributed by atoms with Crippen LogP contribution in [0.5, 0.6) is 0 Å². The van der Waals surface area contributed by atoms with E-state index < -0.39 is 16.0 Å². The Morgan fingerprint density at radius 1 is 1.09 bits per heavy atom. The fraction of sp³-hybridized carbons (Fsp3) is 0. The Morgan fingerprint density at radius 2 is 1.73 bits per heavy atom. The number of benzene rings is 2. The van der Waals surface area contributed by atoms with E-state index in [0.29, 0.717) is 10.9 Å². The molecule has 2 aromatic carbocycles. The van der Waals surface area contributed by atoms with E-state index in [9.17, 15) is 13.2 Å². The number of carbonyl (C=O) groups is 1. The van der Waals surface area contributed by atoms with Crippen LogP contribution in [0.15, 0.2) is 47.4 Å². The zero-order valence-electron chi connectivity index (χ0n) is 11.1. The van der Waals surface area contributed by atoms with Gasteiger partial charge in [-0.3, -0.25) is 5.10 Å². The lowest BCUT2D eigenvalue weighted by Crippen LogP contribution is -2.11. The van der Waals surface area contributed by atoms with Gasteiger partial charge in [0.2, 0.25) is 10.0 Å². The van der Waals surface area contributed by atoms with Crippen molar-refractivity contribution in [2.24, 2.45) is 5.14 Å². The van der Waals surface area contributed by atoms with Gasteiger partial charge in [-0.1, -0.05) is 18.2 Å². The smallest absolute Gasteiger partial charge is 0.357 e. The predicted molar refractivity (Wildman–Crippen MR) is 79.9 cm³/mol. The van der Waals surface area contributed by atoms with Crippen molar-refractivity contribution in [3.63, 3.8) is 0 Å². The van der Waals surface area contributed by atoms with Gasteiger partial charge in [0.1, 0.15) is 0 Å². The zero-order chi connectivity index (χ0) is 15.9. The number of aromatic carboxylic acids is 1. The number of primary sulfonamides is 1. The summed E-state index contributed by atoms with van der Waals surface area (Å²) < 4.78 is 22.5. The summed E-state index contributed by atoms with van der Waals surface area (Å²) in [6.45, 7) is 0. The lowest BCUT2D eigenvalue weighted by atomic mass is 10.0. The summed E-state index contributed by atoms with van der Waals surface area (Å²) in [4.78, 5) is 11.0. The molecule has 0 spiro atoms. The highest BCUT2D eigenvalue weighted by atomic mass is 32.2. The number of hydrogen-bond donors (Lipinski definition) is 3. The van der Waals surface area contributed by atoms with Crippen LogP contribution in [0.3, 0.4) is 0 Å². The largest absolute Gasteiger partial charge is 0.476 e. The average molecular weight is 317 g/mol. The molecule has 8 heteroatoms. The Kier molecular flexibility index (Phi) is 3.19. The number of rotatable bonds is 3. The number of carboxylic acids is 1. The van der Waals surface area contributed by atoms with E-state index in [1.54, 1.807) is 30.3 Å². The van der Waals surface area contributed by atoms with E-state index in [1.807, 2.05) is 0 Å². The number of nitrogens with zero attached hydrogens (tertiary/aromatic N) is 1. The molecule has 3 rings (SSSR count). The number of nitrogens with two attached hydrogens (primary N) is 1. The summed E-state index contributed by atoms with van der Waals surface area (Å²) in [7, 11) is -3.72. The predicted octanol–water partition coefficient (Wildman–Crippen LogP) is 1.58. The molecule has 0 aliphatic heterocycles. The Balaban J connectivity index is 2.05. The number of nitrogens with one attached hydrogen (secondary N) is 1. The lowest BCUT2D eigenvalue weighted by Gasteiger charge is -2.03. The summed E-state index contributed by atoms with van der Waals surface area (Å²) in [5, 5.41) is 21.0. The SMILES string of the molecule is NS(=O)(=O)c1ccc(-c2ccc3c(C(=O)O)n[nH]c3c2)cc1. The summed E-state index contributed by atoms with van der Waals surface area (Å²) in [5.74, 6) is -1.10. The monoisotopic (exact) mass is 317 g/mol. The molecule has 0 amide bonds. The topological polar surface area (TPSA) is 126 Å². The van der Waals surface area contributed by atoms with Crippen LogP contribution in [0, 0.1) is 0 Å². The number of sulfonamides is 1. The molecule has 0 saturated heterocycles. The molecule has 4 N–H and O–H groups in total. The highest BCUT2D eigenvalue weighted by Gasteiger charge is 2.13. The molecule has 0 bridgehead atoms. The number of hydrogen-bond acceptors (Lipinski definition) is 4. The Labute approximate surface area is 125 Å². The number of aromatic nitrogens is 2. The van der Waals surface area contributed by atoms with Crippen molar-refractivity contribution in [1.82, 2.24) is 10.2 Å². The molecule has 0 unspecified atom stereocenters. The van der Waals surface area contributed by atoms with Crippen LogP contribution in [0.4, 0.5) is 0 Å². The van der Waals surface area contributed by atoms with Crippen LogP contribution in [-0.4, -0.2) is 29.7 Å². The van der Waals surface area contributed by atoms with E-state index in [0.717, 1.165) is 11.1 Å². The van der Waals surface area contributed by atoms with Crippen LogP contribution >= 0.6 is 0 Å². The number of fused-ring (bicyclic) bond motifs is 1. The normalized spacial score (nSPS) is 11.7. The van der Waals surface area contributed by atoms with Crippen LogP contribution < -0.4 is 5.14 Å². The molecule has 1 heterocycles.